The Labute approximate surface area is 185 Å². The third kappa shape index (κ3) is 5.40. The molecular weight excluding hydrogens is 408 g/mol. The lowest BCUT2D eigenvalue weighted by Gasteiger charge is -2.32. The van der Waals surface area contributed by atoms with Crippen LogP contribution in [0, 0.1) is 0 Å². The Morgan fingerprint density at radius 2 is 1.71 bits per heavy atom. The minimum absolute atomic E-state index is 0.0265. The molecule has 3 aromatic rings. The zero-order valence-corrected chi connectivity index (χ0v) is 18.5. The van der Waals surface area contributed by atoms with E-state index in [1.807, 2.05) is 24.3 Å². The summed E-state index contributed by atoms with van der Waals surface area (Å²) in [5.74, 6) is 0.867. The van der Waals surface area contributed by atoms with E-state index in [4.69, 9.17) is 4.74 Å². The lowest BCUT2D eigenvalue weighted by molar-refractivity contribution is 0.198. The molecule has 1 aliphatic rings. The molecule has 0 radical (unpaired) electrons. The van der Waals surface area contributed by atoms with Crippen LogP contribution in [0.4, 0.5) is 0 Å². The standard InChI is InChI=1S/C25H28N2O3S/c1-30-25-13-6-5-12-24(25)21-9-7-8-20(18-21)19-27-16-14-22(15-17-27)26-31(28,29)23-10-3-2-4-11-23/h2-13,18,22H,14-17,19H2,1H3,(H-,26,28,29). The summed E-state index contributed by atoms with van der Waals surface area (Å²) in [5, 5.41) is 0. The van der Waals surface area contributed by atoms with E-state index < -0.39 is 10.4 Å². The molecule has 0 amide bonds. The molecule has 1 atom stereocenters. The van der Waals surface area contributed by atoms with Gasteiger partial charge in [-0.05, 0) is 48.2 Å². The fourth-order valence-electron chi connectivity index (χ4n) is 4.07. The van der Waals surface area contributed by atoms with Crippen LogP contribution < -0.4 is 9.46 Å². The first kappa shape index (κ1) is 21.7. The normalized spacial score (nSPS) is 17.2. The van der Waals surface area contributed by atoms with Crippen molar-refractivity contribution in [3.05, 3.63) is 84.4 Å². The van der Waals surface area contributed by atoms with Crippen LogP contribution in [0.1, 0.15) is 18.4 Å². The van der Waals surface area contributed by atoms with Crippen LogP contribution in [0.3, 0.4) is 0 Å². The SMILES string of the molecule is COc1ccccc1-c1cccc(CN2CCC(N[S+](=O)([O-])c3ccccc3)CC2)c1. The number of ether oxygens (including phenoxy) is 1. The van der Waals surface area contributed by atoms with Gasteiger partial charge in [-0.2, -0.15) is 0 Å². The Morgan fingerprint density at radius 1 is 1.00 bits per heavy atom. The zero-order chi connectivity index (χ0) is 21.7. The zero-order valence-electron chi connectivity index (χ0n) is 17.7. The molecule has 5 nitrogen and oxygen atoms in total. The smallest absolute Gasteiger partial charge is 0.175 e. The molecule has 1 aliphatic heterocycles. The summed E-state index contributed by atoms with van der Waals surface area (Å²) >= 11 is 0. The van der Waals surface area contributed by atoms with Gasteiger partial charge in [-0.3, -0.25) is 4.90 Å². The molecule has 31 heavy (non-hydrogen) atoms. The van der Waals surface area contributed by atoms with Crippen LogP contribution in [0.25, 0.3) is 11.1 Å². The number of likely N-dealkylation sites (tertiary alicyclic amines) is 1. The van der Waals surface area contributed by atoms with Crippen LogP contribution >= 0.6 is 0 Å². The Kier molecular flexibility index (Phi) is 6.83. The molecule has 0 bridgehead atoms. The lowest BCUT2D eigenvalue weighted by atomic mass is 10.0. The average molecular weight is 437 g/mol. The summed E-state index contributed by atoms with van der Waals surface area (Å²) in [7, 11) is -1.77. The third-order valence-electron chi connectivity index (χ3n) is 5.71. The highest BCUT2D eigenvalue weighted by molar-refractivity contribution is 7.95. The van der Waals surface area contributed by atoms with E-state index in [0.29, 0.717) is 4.90 Å². The van der Waals surface area contributed by atoms with Gasteiger partial charge in [0.2, 0.25) is 0 Å². The summed E-state index contributed by atoms with van der Waals surface area (Å²) in [5.41, 5.74) is 3.47. The second-order valence-corrected chi connectivity index (χ2v) is 9.60. The van der Waals surface area contributed by atoms with Gasteiger partial charge < -0.3 is 9.29 Å². The van der Waals surface area contributed by atoms with Gasteiger partial charge in [0.15, 0.2) is 15.3 Å². The molecule has 0 aromatic heterocycles. The summed E-state index contributed by atoms with van der Waals surface area (Å²) in [6.07, 6.45) is 1.61. The summed E-state index contributed by atoms with van der Waals surface area (Å²) in [6.45, 7) is 2.57. The number of sulfonamides is 1. The molecule has 0 saturated carbocycles. The monoisotopic (exact) mass is 436 g/mol. The van der Waals surface area contributed by atoms with Gasteiger partial charge in [0.05, 0.1) is 13.2 Å². The molecule has 6 heteroatoms. The van der Waals surface area contributed by atoms with E-state index in [9.17, 15) is 8.76 Å². The number of para-hydroxylation sites is 1. The molecule has 1 unspecified atom stereocenters. The maximum absolute atomic E-state index is 12.6. The fourth-order valence-corrected chi connectivity index (χ4v) is 5.40. The molecule has 1 saturated heterocycles. The highest BCUT2D eigenvalue weighted by Gasteiger charge is 2.28. The van der Waals surface area contributed by atoms with Crippen molar-refractivity contribution < 1.29 is 13.5 Å². The number of hydrogen-bond acceptors (Lipinski definition) is 4. The van der Waals surface area contributed by atoms with Crippen LogP contribution in [0.15, 0.2) is 83.8 Å². The number of nitrogens with one attached hydrogen (secondary N) is 1. The van der Waals surface area contributed by atoms with E-state index in [1.165, 1.54) is 5.56 Å². The first-order valence-corrected chi connectivity index (χ1v) is 12.1. The Balaban J connectivity index is 1.36. The van der Waals surface area contributed by atoms with Crippen molar-refractivity contribution in [1.82, 2.24) is 9.62 Å². The summed E-state index contributed by atoms with van der Waals surface area (Å²) in [4.78, 5) is 2.71. The minimum atomic E-state index is -3.46. The van der Waals surface area contributed by atoms with E-state index in [2.05, 4.69) is 40.0 Å². The Hall–Kier alpha value is -2.51. The summed E-state index contributed by atoms with van der Waals surface area (Å²) < 4.78 is 33.5. The van der Waals surface area contributed by atoms with Crippen molar-refractivity contribution in [2.75, 3.05) is 20.2 Å². The second kappa shape index (κ2) is 9.75. The number of hydrogen-bond donors (Lipinski definition) is 1. The number of methoxy groups -OCH3 is 1. The van der Waals surface area contributed by atoms with Crippen molar-refractivity contribution >= 4 is 10.4 Å². The van der Waals surface area contributed by atoms with Gasteiger partial charge >= 0.3 is 0 Å². The molecule has 4 rings (SSSR count). The molecule has 0 aliphatic carbocycles. The largest absolute Gasteiger partial charge is 0.593 e. The van der Waals surface area contributed by atoms with E-state index >= 15 is 0 Å². The van der Waals surface area contributed by atoms with Crippen LogP contribution in [-0.4, -0.2) is 35.7 Å². The predicted octanol–water partition coefficient (Wildman–Crippen LogP) is 4.52. The van der Waals surface area contributed by atoms with Gasteiger partial charge in [-0.1, -0.05) is 58.8 Å². The van der Waals surface area contributed by atoms with Crippen LogP contribution in [0.2, 0.25) is 0 Å². The van der Waals surface area contributed by atoms with Crippen LogP contribution in [0.5, 0.6) is 5.75 Å². The highest BCUT2D eigenvalue weighted by Crippen LogP contribution is 2.30. The number of piperidine rings is 1. The van der Waals surface area contributed by atoms with E-state index in [-0.39, 0.29) is 6.04 Å². The molecule has 1 N–H and O–H groups in total. The second-order valence-electron chi connectivity index (χ2n) is 7.89. The maximum atomic E-state index is 12.6. The van der Waals surface area contributed by atoms with Crippen molar-refractivity contribution in [2.45, 2.75) is 30.3 Å². The van der Waals surface area contributed by atoms with Gasteiger partial charge in [0, 0.05) is 25.2 Å². The molecule has 3 aromatic carbocycles. The average Bonchev–Trinajstić information content (AvgIpc) is 2.81. The molecule has 162 valence electrons. The Bertz CT molecular complexity index is 1050. The Morgan fingerprint density at radius 3 is 2.45 bits per heavy atom. The van der Waals surface area contributed by atoms with Gasteiger partial charge in [-0.15, -0.1) is 4.72 Å². The lowest BCUT2D eigenvalue weighted by Crippen LogP contribution is -2.46. The fraction of sp³-hybridized carbons (Fsp3) is 0.280. The minimum Gasteiger partial charge on any atom is -0.593 e. The number of rotatable bonds is 7. The molecule has 1 heterocycles. The predicted molar refractivity (Wildman–Crippen MR) is 123 cm³/mol. The van der Waals surface area contributed by atoms with E-state index in [1.54, 1.807) is 31.4 Å². The number of benzene rings is 3. The van der Waals surface area contributed by atoms with Gasteiger partial charge in [-0.25, -0.2) is 0 Å². The molecular formula is C25H28N2O3S. The molecule has 1 fully saturated rings. The van der Waals surface area contributed by atoms with Crippen LogP contribution in [-0.2, 0) is 21.2 Å². The van der Waals surface area contributed by atoms with Crippen molar-refractivity contribution in [1.29, 1.82) is 0 Å². The van der Waals surface area contributed by atoms with Crippen molar-refractivity contribution in [3.63, 3.8) is 0 Å². The quantitative estimate of drug-likeness (QED) is 0.553. The van der Waals surface area contributed by atoms with Gasteiger partial charge in [0.1, 0.15) is 5.75 Å². The van der Waals surface area contributed by atoms with E-state index in [0.717, 1.165) is 49.4 Å². The van der Waals surface area contributed by atoms with Crippen molar-refractivity contribution in [2.24, 2.45) is 0 Å². The van der Waals surface area contributed by atoms with Crippen molar-refractivity contribution in [3.8, 4) is 16.9 Å². The number of nitrogens with zero attached hydrogens (tertiary/aromatic N) is 1. The summed E-state index contributed by atoms with van der Waals surface area (Å²) in [6, 6.07) is 25.1. The third-order valence-corrected chi connectivity index (χ3v) is 7.25. The first-order valence-electron chi connectivity index (χ1n) is 10.6. The molecule has 0 spiro atoms. The topological polar surface area (TPSA) is 64.6 Å². The first-order chi connectivity index (χ1) is 15.0. The highest BCUT2D eigenvalue weighted by atomic mass is 32.3. The maximum Gasteiger partial charge on any atom is 0.175 e. The van der Waals surface area contributed by atoms with Gasteiger partial charge in [0.25, 0.3) is 0 Å².